The highest BCUT2D eigenvalue weighted by molar-refractivity contribution is 9.10. The van der Waals surface area contributed by atoms with Crippen molar-refractivity contribution in [1.82, 2.24) is 9.21 Å². The van der Waals surface area contributed by atoms with Crippen LogP contribution in [0.1, 0.15) is 27.7 Å². The van der Waals surface area contributed by atoms with Gasteiger partial charge in [-0.1, -0.05) is 12.1 Å². The van der Waals surface area contributed by atoms with Crippen LogP contribution in [0.5, 0.6) is 0 Å². The number of rotatable bonds is 2. The SMILES string of the molecule is C[C@@H]1CN(C(=O)OC(C)(C)C)CCN1S(=O)(=O)c1ccccc1Br. The summed E-state index contributed by atoms with van der Waals surface area (Å²) >= 11 is 3.30. The smallest absolute Gasteiger partial charge is 0.410 e. The molecule has 1 atom stereocenters. The molecule has 1 aromatic rings. The summed E-state index contributed by atoms with van der Waals surface area (Å²) in [5, 5.41) is 0. The molecular weight excluding hydrogens is 396 g/mol. The molecule has 0 unspecified atom stereocenters. The van der Waals surface area contributed by atoms with Crippen molar-refractivity contribution in [1.29, 1.82) is 0 Å². The molecule has 8 heteroatoms. The molecular formula is C16H23BrN2O4S. The molecule has 0 aromatic heterocycles. The molecule has 1 saturated heterocycles. The quantitative estimate of drug-likeness (QED) is 0.739. The fraction of sp³-hybridized carbons (Fsp3) is 0.562. The van der Waals surface area contributed by atoms with Crippen molar-refractivity contribution in [2.24, 2.45) is 0 Å². The molecule has 1 fully saturated rings. The van der Waals surface area contributed by atoms with Crippen molar-refractivity contribution in [2.75, 3.05) is 19.6 Å². The number of hydrogen-bond acceptors (Lipinski definition) is 4. The minimum atomic E-state index is -3.62. The highest BCUT2D eigenvalue weighted by Gasteiger charge is 2.37. The standard InChI is InChI=1S/C16H23BrN2O4S/c1-12-11-18(15(20)23-16(2,3)4)9-10-19(12)24(21,22)14-8-6-5-7-13(14)17/h5-8,12H,9-11H2,1-4H3/t12-/m1/s1. The maximum Gasteiger partial charge on any atom is 0.410 e. The van der Waals surface area contributed by atoms with Gasteiger partial charge in [0.15, 0.2) is 0 Å². The molecule has 0 spiro atoms. The average Bonchev–Trinajstić information content (AvgIpc) is 2.45. The van der Waals surface area contributed by atoms with Crippen LogP contribution in [0.2, 0.25) is 0 Å². The Kier molecular flexibility index (Phi) is 5.61. The largest absolute Gasteiger partial charge is 0.444 e. The van der Waals surface area contributed by atoms with Gasteiger partial charge in [0.2, 0.25) is 10.0 Å². The van der Waals surface area contributed by atoms with Gasteiger partial charge < -0.3 is 9.64 Å². The zero-order chi connectivity index (χ0) is 18.1. The van der Waals surface area contributed by atoms with Crippen LogP contribution in [0.4, 0.5) is 4.79 Å². The topological polar surface area (TPSA) is 66.9 Å². The number of ether oxygens (including phenoxy) is 1. The molecule has 134 valence electrons. The second-order valence-electron chi connectivity index (χ2n) is 6.82. The molecule has 24 heavy (non-hydrogen) atoms. The Hall–Kier alpha value is -1.12. The van der Waals surface area contributed by atoms with Crippen LogP contribution in [-0.2, 0) is 14.8 Å². The van der Waals surface area contributed by atoms with E-state index in [1.807, 2.05) is 20.8 Å². The van der Waals surface area contributed by atoms with Crippen LogP contribution in [0.15, 0.2) is 33.6 Å². The van der Waals surface area contributed by atoms with Gasteiger partial charge in [-0.3, -0.25) is 0 Å². The van der Waals surface area contributed by atoms with Crippen molar-refractivity contribution in [3.8, 4) is 0 Å². The monoisotopic (exact) mass is 418 g/mol. The van der Waals surface area contributed by atoms with Gasteiger partial charge in [0.05, 0.1) is 4.90 Å². The lowest BCUT2D eigenvalue weighted by Gasteiger charge is -2.39. The maximum atomic E-state index is 12.9. The third-order valence-electron chi connectivity index (χ3n) is 3.64. The highest BCUT2D eigenvalue weighted by atomic mass is 79.9. The number of piperazine rings is 1. The number of halogens is 1. The van der Waals surface area contributed by atoms with E-state index in [1.165, 1.54) is 4.31 Å². The Morgan fingerprint density at radius 1 is 1.25 bits per heavy atom. The summed E-state index contributed by atoms with van der Waals surface area (Å²) in [6.45, 7) is 8.07. The first-order valence-corrected chi connectivity index (χ1v) is 10.00. The Morgan fingerprint density at radius 3 is 2.42 bits per heavy atom. The van der Waals surface area contributed by atoms with E-state index in [-0.39, 0.29) is 17.5 Å². The summed E-state index contributed by atoms with van der Waals surface area (Å²) in [6.07, 6.45) is -0.410. The average molecular weight is 419 g/mol. The first-order valence-electron chi connectivity index (χ1n) is 7.76. The van der Waals surface area contributed by atoms with Gasteiger partial charge in [0, 0.05) is 30.1 Å². The fourth-order valence-corrected chi connectivity index (χ4v) is 5.15. The lowest BCUT2D eigenvalue weighted by atomic mass is 10.2. The Labute approximate surface area is 151 Å². The van der Waals surface area contributed by atoms with E-state index in [0.29, 0.717) is 17.6 Å². The van der Waals surface area contributed by atoms with E-state index in [0.717, 1.165) is 0 Å². The molecule has 1 amide bonds. The molecule has 2 rings (SSSR count). The van der Waals surface area contributed by atoms with Crippen LogP contribution in [0, 0.1) is 0 Å². The molecule has 1 aliphatic heterocycles. The zero-order valence-corrected chi connectivity index (χ0v) is 16.7. The minimum absolute atomic E-state index is 0.238. The number of nitrogens with zero attached hydrogens (tertiary/aromatic N) is 2. The fourth-order valence-electron chi connectivity index (χ4n) is 2.57. The Balaban J connectivity index is 2.14. The van der Waals surface area contributed by atoms with Crippen LogP contribution < -0.4 is 0 Å². The molecule has 6 nitrogen and oxygen atoms in total. The van der Waals surface area contributed by atoms with Crippen molar-refractivity contribution in [2.45, 2.75) is 44.2 Å². The van der Waals surface area contributed by atoms with Gasteiger partial charge in [-0.15, -0.1) is 0 Å². The van der Waals surface area contributed by atoms with E-state index in [4.69, 9.17) is 4.74 Å². The van der Waals surface area contributed by atoms with Crippen molar-refractivity contribution in [3.05, 3.63) is 28.7 Å². The van der Waals surface area contributed by atoms with Crippen LogP contribution in [-0.4, -0.2) is 55.0 Å². The predicted octanol–water partition coefficient (Wildman–Crippen LogP) is 3.08. The number of carbonyl (C=O) groups excluding carboxylic acids is 1. The third kappa shape index (κ3) is 4.29. The lowest BCUT2D eigenvalue weighted by molar-refractivity contribution is 0.0143. The van der Waals surface area contributed by atoms with Gasteiger partial charge in [-0.05, 0) is 55.8 Å². The van der Waals surface area contributed by atoms with Gasteiger partial charge >= 0.3 is 6.09 Å². The summed E-state index contributed by atoms with van der Waals surface area (Å²) in [4.78, 5) is 14.0. The number of hydrogen-bond donors (Lipinski definition) is 0. The predicted molar refractivity (Wildman–Crippen MR) is 95.3 cm³/mol. The van der Waals surface area contributed by atoms with Crippen molar-refractivity contribution < 1.29 is 17.9 Å². The molecule has 0 bridgehead atoms. The van der Waals surface area contributed by atoms with Gasteiger partial charge in [0.25, 0.3) is 0 Å². The highest BCUT2D eigenvalue weighted by Crippen LogP contribution is 2.27. The molecule has 0 N–H and O–H groups in total. The van der Waals surface area contributed by atoms with E-state index < -0.39 is 21.7 Å². The Morgan fingerprint density at radius 2 is 1.88 bits per heavy atom. The van der Waals surface area contributed by atoms with E-state index in [2.05, 4.69) is 15.9 Å². The molecule has 0 saturated carbocycles. The maximum absolute atomic E-state index is 12.9. The summed E-state index contributed by atoms with van der Waals surface area (Å²) in [5.41, 5.74) is -0.571. The van der Waals surface area contributed by atoms with Crippen LogP contribution >= 0.6 is 15.9 Å². The number of carbonyl (C=O) groups is 1. The molecule has 1 aliphatic rings. The van der Waals surface area contributed by atoms with Crippen LogP contribution in [0.25, 0.3) is 0 Å². The lowest BCUT2D eigenvalue weighted by Crippen LogP contribution is -2.56. The first kappa shape index (κ1) is 19.2. The van der Waals surface area contributed by atoms with Crippen molar-refractivity contribution in [3.63, 3.8) is 0 Å². The van der Waals surface area contributed by atoms with Gasteiger partial charge in [-0.2, -0.15) is 4.31 Å². The molecule has 1 heterocycles. The second-order valence-corrected chi connectivity index (χ2v) is 9.53. The number of benzene rings is 1. The summed E-state index contributed by atoms with van der Waals surface area (Å²) in [7, 11) is -3.62. The second kappa shape index (κ2) is 7.01. The summed E-state index contributed by atoms with van der Waals surface area (Å²) in [5.74, 6) is 0. The zero-order valence-electron chi connectivity index (χ0n) is 14.3. The number of sulfonamides is 1. The van der Waals surface area contributed by atoms with Gasteiger partial charge in [0.1, 0.15) is 5.60 Å². The van der Waals surface area contributed by atoms with Gasteiger partial charge in [-0.25, -0.2) is 13.2 Å². The third-order valence-corrected chi connectivity index (χ3v) is 6.67. The molecule has 0 aliphatic carbocycles. The Bertz CT molecular complexity index is 715. The normalized spacial score (nSPS) is 20.0. The summed E-state index contributed by atoms with van der Waals surface area (Å²) in [6, 6.07) is 6.41. The summed E-state index contributed by atoms with van der Waals surface area (Å²) < 4.78 is 33.1. The van der Waals surface area contributed by atoms with Crippen LogP contribution in [0.3, 0.4) is 0 Å². The van der Waals surface area contributed by atoms with Crippen molar-refractivity contribution >= 4 is 32.0 Å². The minimum Gasteiger partial charge on any atom is -0.444 e. The molecule has 1 aromatic carbocycles. The van der Waals surface area contributed by atoms with E-state index in [1.54, 1.807) is 36.1 Å². The van der Waals surface area contributed by atoms with E-state index in [9.17, 15) is 13.2 Å². The van der Waals surface area contributed by atoms with E-state index >= 15 is 0 Å². The first-order chi connectivity index (χ1) is 11.0. The molecule has 0 radical (unpaired) electrons. The number of amides is 1.